The average Bonchev–Trinajstić information content (AvgIpc) is 2.65. The van der Waals surface area contributed by atoms with Gasteiger partial charge in [-0.15, -0.1) is 0 Å². The SMILES string of the molecule is C.CCOC(=O)C1COCCN1c1nc(-c2ccncn2)cc(=O)n1C. The Kier molecular flexibility index (Phi) is 6.40. The molecule has 1 fully saturated rings. The Labute approximate surface area is 151 Å². The minimum Gasteiger partial charge on any atom is -0.464 e. The second-order valence-electron chi connectivity index (χ2n) is 5.47. The van der Waals surface area contributed by atoms with Crippen molar-refractivity contribution < 1.29 is 14.3 Å². The lowest BCUT2D eigenvalue weighted by molar-refractivity contribution is -0.147. The summed E-state index contributed by atoms with van der Waals surface area (Å²) in [6.45, 7) is 3.07. The number of hydrogen-bond acceptors (Lipinski definition) is 8. The van der Waals surface area contributed by atoms with Crippen LogP contribution in [0.4, 0.5) is 5.95 Å². The first-order valence-electron chi connectivity index (χ1n) is 7.97. The first-order valence-corrected chi connectivity index (χ1v) is 7.97. The molecule has 1 saturated heterocycles. The van der Waals surface area contributed by atoms with Gasteiger partial charge in [0.1, 0.15) is 6.33 Å². The summed E-state index contributed by atoms with van der Waals surface area (Å²) in [5.41, 5.74) is 0.720. The van der Waals surface area contributed by atoms with E-state index in [-0.39, 0.29) is 26.2 Å². The average molecular weight is 361 g/mol. The molecule has 0 aliphatic carbocycles. The maximum absolute atomic E-state index is 12.4. The molecule has 1 unspecified atom stereocenters. The van der Waals surface area contributed by atoms with Gasteiger partial charge in [-0.1, -0.05) is 7.43 Å². The van der Waals surface area contributed by atoms with E-state index in [1.54, 1.807) is 31.1 Å². The lowest BCUT2D eigenvalue weighted by atomic mass is 10.2. The third-order valence-electron chi connectivity index (χ3n) is 3.90. The van der Waals surface area contributed by atoms with Crippen LogP contribution < -0.4 is 10.5 Å². The van der Waals surface area contributed by atoms with Gasteiger partial charge in [0.2, 0.25) is 5.95 Å². The molecule has 0 spiro atoms. The van der Waals surface area contributed by atoms with Crippen molar-refractivity contribution in [3.8, 4) is 11.4 Å². The van der Waals surface area contributed by atoms with E-state index in [4.69, 9.17) is 9.47 Å². The Morgan fingerprint density at radius 2 is 2.23 bits per heavy atom. The van der Waals surface area contributed by atoms with Gasteiger partial charge in [0.05, 0.1) is 31.2 Å². The predicted molar refractivity (Wildman–Crippen MR) is 95.8 cm³/mol. The zero-order valence-electron chi connectivity index (χ0n) is 14.1. The van der Waals surface area contributed by atoms with E-state index in [1.165, 1.54) is 17.0 Å². The van der Waals surface area contributed by atoms with E-state index in [2.05, 4.69) is 15.0 Å². The highest BCUT2D eigenvalue weighted by Gasteiger charge is 2.33. The van der Waals surface area contributed by atoms with Gasteiger partial charge in [-0.05, 0) is 13.0 Å². The van der Waals surface area contributed by atoms with Gasteiger partial charge >= 0.3 is 5.97 Å². The van der Waals surface area contributed by atoms with E-state index in [9.17, 15) is 9.59 Å². The zero-order valence-corrected chi connectivity index (χ0v) is 14.1. The number of esters is 1. The highest BCUT2D eigenvalue weighted by molar-refractivity contribution is 5.80. The summed E-state index contributed by atoms with van der Waals surface area (Å²) < 4.78 is 11.9. The number of carbonyl (C=O) groups excluding carboxylic acids is 1. The zero-order chi connectivity index (χ0) is 17.8. The van der Waals surface area contributed by atoms with Crippen molar-refractivity contribution in [2.45, 2.75) is 20.4 Å². The van der Waals surface area contributed by atoms with Crippen molar-refractivity contribution in [2.75, 3.05) is 31.3 Å². The molecule has 26 heavy (non-hydrogen) atoms. The molecule has 1 aliphatic rings. The van der Waals surface area contributed by atoms with Crippen LogP contribution >= 0.6 is 0 Å². The highest BCUT2D eigenvalue weighted by Crippen LogP contribution is 2.20. The van der Waals surface area contributed by atoms with Gasteiger partial charge in [0, 0.05) is 25.9 Å². The van der Waals surface area contributed by atoms with Crippen molar-refractivity contribution in [1.29, 1.82) is 0 Å². The van der Waals surface area contributed by atoms with Crippen molar-refractivity contribution in [1.82, 2.24) is 19.5 Å². The molecule has 0 aromatic carbocycles. The molecule has 0 saturated carbocycles. The molecule has 3 heterocycles. The van der Waals surface area contributed by atoms with Crippen LogP contribution in [0, 0.1) is 0 Å². The maximum Gasteiger partial charge on any atom is 0.331 e. The third kappa shape index (κ3) is 3.88. The van der Waals surface area contributed by atoms with Crippen molar-refractivity contribution in [2.24, 2.45) is 7.05 Å². The smallest absolute Gasteiger partial charge is 0.331 e. The molecule has 0 bridgehead atoms. The van der Waals surface area contributed by atoms with E-state index in [1.807, 2.05) is 0 Å². The number of aromatic nitrogens is 4. The molecule has 1 atom stereocenters. The topological polar surface area (TPSA) is 99.4 Å². The monoisotopic (exact) mass is 361 g/mol. The minimum absolute atomic E-state index is 0. The summed E-state index contributed by atoms with van der Waals surface area (Å²) in [6, 6.07) is 2.44. The van der Waals surface area contributed by atoms with E-state index in [0.29, 0.717) is 30.5 Å². The molecule has 3 rings (SSSR count). The van der Waals surface area contributed by atoms with Crippen molar-refractivity contribution >= 4 is 11.9 Å². The molecule has 9 nitrogen and oxygen atoms in total. The van der Waals surface area contributed by atoms with E-state index in [0.717, 1.165) is 0 Å². The largest absolute Gasteiger partial charge is 0.464 e. The lowest BCUT2D eigenvalue weighted by Gasteiger charge is -2.35. The molecule has 0 radical (unpaired) electrons. The summed E-state index contributed by atoms with van der Waals surface area (Å²) in [5, 5.41) is 0. The van der Waals surface area contributed by atoms with Crippen LogP contribution in [0.1, 0.15) is 14.4 Å². The van der Waals surface area contributed by atoms with Gasteiger partial charge in [-0.2, -0.15) is 0 Å². The maximum atomic E-state index is 12.4. The molecule has 2 aromatic rings. The third-order valence-corrected chi connectivity index (χ3v) is 3.90. The first kappa shape index (κ1) is 19.5. The molecule has 0 N–H and O–H groups in total. The Balaban J connectivity index is 0.00000243. The number of hydrogen-bond donors (Lipinski definition) is 0. The Morgan fingerprint density at radius 3 is 2.92 bits per heavy atom. The van der Waals surface area contributed by atoms with E-state index < -0.39 is 12.0 Å². The standard InChI is InChI=1S/C16H19N5O4.CH4/c1-3-25-15(23)13-9-24-7-6-21(13)16-19-12(8-14(22)20(16)2)11-4-5-17-10-18-11;/h4-5,8,10,13H,3,6-7,9H2,1-2H3;1H4. The number of anilines is 1. The number of ether oxygens (including phenoxy) is 2. The molecule has 140 valence electrons. The fourth-order valence-corrected chi connectivity index (χ4v) is 2.63. The van der Waals surface area contributed by atoms with Crippen LogP contribution in [0.5, 0.6) is 0 Å². The number of rotatable bonds is 4. The van der Waals surface area contributed by atoms with E-state index >= 15 is 0 Å². The van der Waals surface area contributed by atoms with Crippen LogP contribution in [0.3, 0.4) is 0 Å². The summed E-state index contributed by atoms with van der Waals surface area (Å²) in [4.78, 5) is 38.9. The van der Waals surface area contributed by atoms with Crippen molar-refractivity contribution in [3.63, 3.8) is 0 Å². The number of carbonyl (C=O) groups is 1. The molecule has 1 aliphatic heterocycles. The fourth-order valence-electron chi connectivity index (χ4n) is 2.63. The van der Waals surface area contributed by atoms with Crippen LogP contribution in [0.15, 0.2) is 29.5 Å². The Morgan fingerprint density at radius 1 is 1.42 bits per heavy atom. The Hall–Kier alpha value is -2.81. The minimum atomic E-state index is -0.646. The second-order valence-corrected chi connectivity index (χ2v) is 5.47. The molecular formula is C17H23N5O4. The van der Waals surface area contributed by atoms with Crippen LogP contribution in [0.25, 0.3) is 11.4 Å². The molecule has 0 amide bonds. The quantitative estimate of drug-likeness (QED) is 0.732. The van der Waals surface area contributed by atoms with Gasteiger partial charge in [0.15, 0.2) is 6.04 Å². The molecule has 2 aromatic heterocycles. The molecular weight excluding hydrogens is 338 g/mol. The van der Waals surface area contributed by atoms with Gasteiger partial charge < -0.3 is 14.4 Å². The Bertz CT molecular complexity index is 809. The lowest BCUT2D eigenvalue weighted by Crippen LogP contribution is -2.52. The van der Waals surface area contributed by atoms with Crippen LogP contribution in [-0.2, 0) is 21.3 Å². The van der Waals surface area contributed by atoms with Gasteiger partial charge in [0.25, 0.3) is 5.56 Å². The second kappa shape index (κ2) is 8.52. The van der Waals surface area contributed by atoms with Crippen LogP contribution in [0.2, 0.25) is 0 Å². The number of nitrogens with zero attached hydrogens (tertiary/aromatic N) is 5. The van der Waals surface area contributed by atoms with Gasteiger partial charge in [-0.25, -0.2) is 19.7 Å². The highest BCUT2D eigenvalue weighted by atomic mass is 16.5. The predicted octanol–water partition coefficient (Wildman–Crippen LogP) is 0.642. The normalized spacial score (nSPS) is 16.7. The van der Waals surface area contributed by atoms with Gasteiger partial charge in [-0.3, -0.25) is 9.36 Å². The summed E-state index contributed by atoms with van der Waals surface area (Å²) in [6.07, 6.45) is 2.97. The molecule has 9 heteroatoms. The van der Waals surface area contributed by atoms with Crippen molar-refractivity contribution in [3.05, 3.63) is 35.0 Å². The number of morpholine rings is 1. The first-order chi connectivity index (χ1) is 12.1. The summed E-state index contributed by atoms with van der Waals surface area (Å²) in [5.74, 6) is -0.0219. The van der Waals surface area contributed by atoms with Crippen LogP contribution in [-0.4, -0.2) is 57.9 Å². The fraction of sp³-hybridized carbons (Fsp3) is 0.471. The summed E-state index contributed by atoms with van der Waals surface area (Å²) in [7, 11) is 1.62. The summed E-state index contributed by atoms with van der Waals surface area (Å²) >= 11 is 0.